The molecule has 1 fully saturated rings. The monoisotopic (exact) mass is 455 g/mol. The van der Waals surface area contributed by atoms with Crippen molar-refractivity contribution in [3.63, 3.8) is 0 Å². The van der Waals surface area contributed by atoms with Crippen LogP contribution in [-0.2, 0) is 10.3 Å². The fourth-order valence-corrected chi connectivity index (χ4v) is 4.28. The second-order valence-electron chi connectivity index (χ2n) is 8.14. The molecule has 3 aromatic carbocycles. The molecule has 5 rings (SSSR count). The fourth-order valence-electron chi connectivity index (χ4n) is 4.28. The van der Waals surface area contributed by atoms with Gasteiger partial charge in [-0.15, -0.1) is 0 Å². The number of para-hydroxylation sites is 1. The van der Waals surface area contributed by atoms with Crippen molar-refractivity contribution in [3.8, 4) is 5.75 Å². The predicted octanol–water partition coefficient (Wildman–Crippen LogP) is 3.35. The van der Waals surface area contributed by atoms with E-state index in [4.69, 9.17) is 4.74 Å². The summed E-state index contributed by atoms with van der Waals surface area (Å²) in [6.45, 7) is -0.105. The number of hydrogen-bond acceptors (Lipinski definition) is 5. The number of ether oxygens (including phenoxy) is 1. The summed E-state index contributed by atoms with van der Waals surface area (Å²) in [5.74, 6) is -0.569. The van der Waals surface area contributed by atoms with Gasteiger partial charge in [0.1, 0.15) is 5.75 Å². The molecule has 1 saturated heterocycles. The number of hydrogen-bond donors (Lipinski definition) is 2. The van der Waals surface area contributed by atoms with Gasteiger partial charge in [-0.2, -0.15) is 0 Å². The molecule has 34 heavy (non-hydrogen) atoms. The van der Waals surface area contributed by atoms with E-state index in [2.05, 4.69) is 10.6 Å². The van der Waals surface area contributed by atoms with Crippen LogP contribution in [0.5, 0.6) is 5.75 Å². The smallest absolute Gasteiger partial charge is 0.325 e. The fraction of sp³-hybridized carbons (Fsp3) is 0.154. The molecule has 8 nitrogen and oxygen atoms in total. The molecule has 0 radical (unpaired) electrons. The maximum Gasteiger partial charge on any atom is 0.325 e. The van der Waals surface area contributed by atoms with Gasteiger partial charge in [-0.25, -0.2) is 4.79 Å². The number of carbonyl (C=O) groups is 4. The highest BCUT2D eigenvalue weighted by molar-refractivity contribution is 6.12. The second kappa shape index (κ2) is 8.47. The Balaban J connectivity index is 1.29. The van der Waals surface area contributed by atoms with Crippen molar-refractivity contribution in [2.75, 3.05) is 18.5 Å². The van der Waals surface area contributed by atoms with Gasteiger partial charge in [-0.3, -0.25) is 19.3 Å². The van der Waals surface area contributed by atoms with Crippen molar-refractivity contribution < 1.29 is 23.9 Å². The third kappa shape index (κ3) is 3.69. The number of nitrogens with one attached hydrogen (secondary N) is 2. The van der Waals surface area contributed by atoms with Gasteiger partial charge in [-0.05, 0) is 42.5 Å². The van der Waals surface area contributed by atoms with E-state index in [1.165, 1.54) is 0 Å². The second-order valence-corrected chi connectivity index (χ2v) is 8.14. The molecule has 2 heterocycles. The van der Waals surface area contributed by atoms with E-state index in [-0.39, 0.29) is 31.3 Å². The van der Waals surface area contributed by atoms with Gasteiger partial charge in [0.15, 0.2) is 11.3 Å². The van der Waals surface area contributed by atoms with E-state index in [0.717, 1.165) is 4.90 Å². The van der Waals surface area contributed by atoms with E-state index in [1.54, 1.807) is 72.8 Å². The van der Waals surface area contributed by atoms with E-state index in [1.807, 2.05) is 6.07 Å². The molecule has 0 aliphatic carbocycles. The van der Waals surface area contributed by atoms with Crippen LogP contribution in [0.15, 0.2) is 78.9 Å². The highest BCUT2D eigenvalue weighted by Gasteiger charge is 2.55. The van der Waals surface area contributed by atoms with Crippen molar-refractivity contribution in [2.24, 2.45) is 0 Å². The molecule has 0 aromatic heterocycles. The first kappa shape index (κ1) is 21.4. The molecule has 0 unspecified atom stereocenters. The molecule has 0 bridgehead atoms. The number of Topliss-reactive ketones (excluding diaryl/α,β-unsaturated/α-hetero) is 1. The third-order valence-corrected chi connectivity index (χ3v) is 6.06. The minimum Gasteiger partial charge on any atom is -0.493 e. The maximum atomic E-state index is 13.3. The summed E-state index contributed by atoms with van der Waals surface area (Å²) >= 11 is 0. The summed E-state index contributed by atoms with van der Waals surface area (Å²) in [7, 11) is 0. The molecule has 1 atom stereocenters. The minimum atomic E-state index is -1.22. The predicted molar refractivity (Wildman–Crippen MR) is 124 cm³/mol. The van der Waals surface area contributed by atoms with E-state index >= 15 is 0 Å². The lowest BCUT2D eigenvalue weighted by molar-refractivity contribution is -0.132. The molecule has 2 N–H and O–H groups in total. The molecule has 3 aromatic rings. The summed E-state index contributed by atoms with van der Waals surface area (Å²) in [6, 6.07) is 21.6. The van der Waals surface area contributed by atoms with Crippen LogP contribution in [-0.4, -0.2) is 41.7 Å². The van der Waals surface area contributed by atoms with E-state index in [9.17, 15) is 19.2 Å². The molecule has 4 amide bonds. The Labute approximate surface area is 195 Å². The van der Waals surface area contributed by atoms with Gasteiger partial charge in [0.05, 0.1) is 13.2 Å². The average Bonchev–Trinajstić information content (AvgIpc) is 3.10. The largest absolute Gasteiger partial charge is 0.493 e. The number of amides is 4. The number of carbonyl (C=O) groups excluding carboxylic acids is 4. The summed E-state index contributed by atoms with van der Waals surface area (Å²) in [6.07, 6.45) is 0.287. The molecule has 170 valence electrons. The first-order chi connectivity index (χ1) is 16.5. The number of nitrogens with zero attached hydrogens (tertiary/aromatic N) is 1. The normalized spacial score (nSPS) is 18.8. The highest BCUT2D eigenvalue weighted by atomic mass is 16.5. The lowest BCUT2D eigenvalue weighted by Crippen LogP contribution is -2.47. The van der Waals surface area contributed by atoms with Gasteiger partial charge in [0.2, 0.25) is 0 Å². The quantitative estimate of drug-likeness (QED) is 0.454. The first-order valence-electron chi connectivity index (χ1n) is 10.8. The number of ketones is 1. The van der Waals surface area contributed by atoms with Crippen LogP contribution in [0.3, 0.4) is 0 Å². The maximum absolute atomic E-state index is 13.3. The zero-order valence-corrected chi connectivity index (χ0v) is 18.1. The summed E-state index contributed by atoms with van der Waals surface area (Å²) in [5.41, 5.74) is 0.736. The molecule has 0 saturated carbocycles. The molecular weight excluding hydrogens is 434 g/mol. The van der Waals surface area contributed by atoms with Gasteiger partial charge in [0.25, 0.3) is 11.8 Å². The van der Waals surface area contributed by atoms with Crippen molar-refractivity contribution in [3.05, 3.63) is 95.6 Å². The molecule has 2 aliphatic heterocycles. The molecule has 8 heteroatoms. The lowest BCUT2D eigenvalue weighted by Gasteiger charge is -2.33. The Morgan fingerprint density at radius 2 is 1.62 bits per heavy atom. The Bertz CT molecular complexity index is 1290. The van der Waals surface area contributed by atoms with E-state index < -0.39 is 17.5 Å². The third-order valence-electron chi connectivity index (χ3n) is 6.06. The number of anilines is 1. The average molecular weight is 455 g/mol. The van der Waals surface area contributed by atoms with Crippen molar-refractivity contribution >= 4 is 29.3 Å². The minimum absolute atomic E-state index is 0.263. The van der Waals surface area contributed by atoms with Crippen LogP contribution in [0.2, 0.25) is 0 Å². The van der Waals surface area contributed by atoms with Crippen molar-refractivity contribution in [1.82, 2.24) is 10.2 Å². The zero-order chi connectivity index (χ0) is 23.7. The van der Waals surface area contributed by atoms with E-state index in [0.29, 0.717) is 28.1 Å². The number of rotatable bonds is 5. The van der Waals surface area contributed by atoms with Crippen LogP contribution >= 0.6 is 0 Å². The number of benzene rings is 3. The molecule has 1 spiro atoms. The number of imide groups is 1. The first-order valence-corrected chi connectivity index (χ1v) is 10.8. The Hall–Kier alpha value is -4.46. The highest BCUT2D eigenvalue weighted by Crippen LogP contribution is 2.40. The van der Waals surface area contributed by atoms with Crippen LogP contribution < -0.4 is 15.4 Å². The zero-order valence-electron chi connectivity index (χ0n) is 18.1. The summed E-state index contributed by atoms with van der Waals surface area (Å²) in [5, 5.41) is 5.56. The Morgan fingerprint density at radius 3 is 2.38 bits per heavy atom. The van der Waals surface area contributed by atoms with Crippen LogP contribution in [0, 0.1) is 0 Å². The number of fused-ring (bicyclic) bond motifs is 2. The molecular formula is C26H21N3O5. The van der Waals surface area contributed by atoms with Crippen LogP contribution in [0.25, 0.3) is 0 Å². The van der Waals surface area contributed by atoms with Crippen LogP contribution in [0.1, 0.15) is 32.7 Å². The van der Waals surface area contributed by atoms with Gasteiger partial charge in [0, 0.05) is 28.8 Å². The van der Waals surface area contributed by atoms with Crippen molar-refractivity contribution in [1.29, 1.82) is 0 Å². The topological polar surface area (TPSA) is 105 Å². The summed E-state index contributed by atoms with van der Waals surface area (Å²) < 4.78 is 5.63. The summed E-state index contributed by atoms with van der Waals surface area (Å²) in [4.78, 5) is 52.1. The van der Waals surface area contributed by atoms with Gasteiger partial charge < -0.3 is 15.4 Å². The van der Waals surface area contributed by atoms with Gasteiger partial charge >= 0.3 is 6.03 Å². The molecule has 2 aliphatic rings. The van der Waals surface area contributed by atoms with Crippen molar-refractivity contribution in [2.45, 2.75) is 12.0 Å². The van der Waals surface area contributed by atoms with Crippen LogP contribution in [0.4, 0.5) is 10.5 Å². The Morgan fingerprint density at radius 1 is 0.912 bits per heavy atom. The lowest BCUT2D eigenvalue weighted by atomic mass is 9.84. The standard InChI is InChI=1S/C26H21N3O5/c30-21(17-10-12-19(13-11-17)27-23(31)18-6-2-1-3-7-18)16-29-24(32)26(28-25(29)33)14-15-34-22-9-5-4-8-20(22)26/h1-13H,14-16H2,(H,27,31)(H,28,33)/t26-/m0/s1. The Kier molecular flexibility index (Phi) is 5.33. The SMILES string of the molecule is O=C(CN1C(=O)N[C@]2(CCOc3ccccc32)C1=O)c1ccc(NC(=O)c2ccccc2)cc1. The van der Waals surface area contributed by atoms with Gasteiger partial charge in [-0.1, -0.05) is 36.4 Å². The number of urea groups is 1.